The van der Waals surface area contributed by atoms with Crippen LogP contribution in [0.4, 0.5) is 29.7 Å². The number of carbonyl (C=O) groups is 2. The number of carbonyl (C=O) groups excluding carboxylic acids is 2. The summed E-state index contributed by atoms with van der Waals surface area (Å²) in [6, 6.07) is 8.30. The minimum absolute atomic E-state index is 0.0316. The molecule has 41 heavy (non-hydrogen) atoms. The summed E-state index contributed by atoms with van der Waals surface area (Å²) in [7, 11) is 0. The Kier molecular flexibility index (Phi) is 9.28. The van der Waals surface area contributed by atoms with Gasteiger partial charge in [0, 0.05) is 50.2 Å². The molecule has 0 radical (unpaired) electrons. The molecule has 1 fully saturated rings. The summed E-state index contributed by atoms with van der Waals surface area (Å²) >= 11 is 1.16. The predicted octanol–water partition coefficient (Wildman–Crippen LogP) is 4.15. The molecule has 14 heteroatoms. The average molecular weight is 590 g/mol. The molecule has 218 valence electrons. The molecule has 1 aliphatic rings. The highest BCUT2D eigenvalue weighted by Gasteiger charge is 2.31. The molecule has 10 nitrogen and oxygen atoms in total. The summed E-state index contributed by atoms with van der Waals surface area (Å²) in [6.07, 6.45) is -1.64. The van der Waals surface area contributed by atoms with Gasteiger partial charge in [0.1, 0.15) is 0 Å². The topological polar surface area (TPSA) is 139 Å². The smallest absolute Gasteiger partial charge is 0.396 e. The summed E-state index contributed by atoms with van der Waals surface area (Å²) in [4.78, 5) is 31.0. The molecule has 0 unspecified atom stereocenters. The SMILES string of the molecule is CC(=O)Nc1ncc(/C(N)=C/N(N)c2cc(C(=O)Nc3cc(CN4CCOCC4)cc(C(F)(F)F)c3)ccc2C)s1. The maximum atomic E-state index is 13.7. The molecule has 2 aromatic carbocycles. The highest BCUT2D eigenvalue weighted by molar-refractivity contribution is 7.16. The highest BCUT2D eigenvalue weighted by atomic mass is 32.1. The first kappa shape index (κ1) is 30.0. The van der Waals surface area contributed by atoms with Crippen molar-refractivity contribution in [2.45, 2.75) is 26.6 Å². The van der Waals surface area contributed by atoms with Gasteiger partial charge in [-0.25, -0.2) is 10.8 Å². The predicted molar refractivity (Wildman–Crippen MR) is 152 cm³/mol. The number of aromatic nitrogens is 1. The first-order chi connectivity index (χ1) is 19.4. The number of hydrogen-bond acceptors (Lipinski definition) is 9. The van der Waals surface area contributed by atoms with Crippen molar-refractivity contribution in [3.63, 3.8) is 0 Å². The average Bonchev–Trinajstić information content (AvgIpc) is 3.37. The zero-order valence-corrected chi connectivity index (χ0v) is 23.2. The van der Waals surface area contributed by atoms with Gasteiger partial charge in [-0.2, -0.15) is 13.2 Å². The van der Waals surface area contributed by atoms with Crippen LogP contribution in [-0.4, -0.2) is 48.0 Å². The monoisotopic (exact) mass is 589 g/mol. The van der Waals surface area contributed by atoms with Crippen molar-refractivity contribution in [1.29, 1.82) is 0 Å². The molecule has 0 aliphatic carbocycles. The molecule has 2 amide bonds. The van der Waals surface area contributed by atoms with E-state index in [1.807, 2.05) is 4.90 Å². The van der Waals surface area contributed by atoms with E-state index in [0.29, 0.717) is 54.1 Å². The number of benzene rings is 2. The lowest BCUT2D eigenvalue weighted by molar-refractivity contribution is -0.137. The fourth-order valence-corrected chi connectivity index (χ4v) is 4.95. The third-order valence-electron chi connectivity index (χ3n) is 6.19. The lowest BCUT2D eigenvalue weighted by atomic mass is 10.1. The molecule has 3 aromatic rings. The molecule has 0 saturated carbocycles. The quantitative estimate of drug-likeness (QED) is 0.227. The number of amides is 2. The summed E-state index contributed by atoms with van der Waals surface area (Å²) in [5, 5.41) is 6.79. The number of nitrogens with two attached hydrogens (primary N) is 2. The van der Waals surface area contributed by atoms with E-state index in [9.17, 15) is 22.8 Å². The molecule has 1 aromatic heterocycles. The number of rotatable bonds is 8. The maximum Gasteiger partial charge on any atom is 0.416 e. The second-order valence-electron chi connectivity index (χ2n) is 9.46. The molecule has 0 atom stereocenters. The lowest BCUT2D eigenvalue weighted by Gasteiger charge is -2.27. The minimum Gasteiger partial charge on any atom is -0.396 e. The van der Waals surface area contributed by atoms with Gasteiger partial charge in [0.15, 0.2) is 5.13 Å². The van der Waals surface area contributed by atoms with Crippen molar-refractivity contribution in [3.8, 4) is 0 Å². The molecule has 0 bridgehead atoms. The number of nitrogens with zero attached hydrogens (tertiary/aromatic N) is 3. The number of anilines is 3. The first-order valence-electron chi connectivity index (χ1n) is 12.6. The van der Waals surface area contributed by atoms with Crippen LogP contribution in [0.15, 0.2) is 48.8 Å². The number of ether oxygens (including phenoxy) is 1. The number of aryl methyl sites for hydroxylation is 1. The van der Waals surface area contributed by atoms with E-state index in [-0.39, 0.29) is 22.9 Å². The van der Waals surface area contributed by atoms with Crippen molar-refractivity contribution in [2.24, 2.45) is 11.6 Å². The Morgan fingerprint density at radius 2 is 1.90 bits per heavy atom. The van der Waals surface area contributed by atoms with Crippen LogP contribution in [0.1, 0.15) is 38.8 Å². The van der Waals surface area contributed by atoms with Crippen molar-refractivity contribution in [2.75, 3.05) is 41.9 Å². The van der Waals surface area contributed by atoms with E-state index in [1.54, 1.807) is 25.1 Å². The van der Waals surface area contributed by atoms with Gasteiger partial charge in [-0.3, -0.25) is 19.5 Å². The van der Waals surface area contributed by atoms with E-state index in [2.05, 4.69) is 15.6 Å². The molecular formula is C27H30F3N7O3S. The third-order valence-corrected chi connectivity index (χ3v) is 7.15. The Hall–Kier alpha value is -3.98. The van der Waals surface area contributed by atoms with Gasteiger partial charge >= 0.3 is 6.18 Å². The van der Waals surface area contributed by atoms with E-state index < -0.39 is 17.6 Å². The van der Waals surface area contributed by atoms with Crippen LogP contribution < -0.4 is 27.2 Å². The number of alkyl halides is 3. The minimum atomic E-state index is -4.58. The fraction of sp³-hybridized carbons (Fsp3) is 0.296. The number of morpholine rings is 1. The zero-order chi connectivity index (χ0) is 29.7. The fourth-order valence-electron chi connectivity index (χ4n) is 4.17. The van der Waals surface area contributed by atoms with Crippen molar-refractivity contribution >= 4 is 45.4 Å². The summed E-state index contributed by atoms with van der Waals surface area (Å²) in [6.45, 7) is 5.70. The summed E-state index contributed by atoms with van der Waals surface area (Å²) in [5.74, 6) is 5.37. The molecule has 1 aliphatic heterocycles. The first-order valence-corrected chi connectivity index (χ1v) is 13.4. The van der Waals surface area contributed by atoms with Crippen LogP contribution in [0.3, 0.4) is 0 Å². The molecule has 2 heterocycles. The largest absolute Gasteiger partial charge is 0.416 e. The van der Waals surface area contributed by atoms with E-state index >= 15 is 0 Å². The Bertz CT molecular complexity index is 1450. The van der Waals surface area contributed by atoms with Crippen LogP contribution in [0.5, 0.6) is 0 Å². The van der Waals surface area contributed by atoms with Crippen LogP contribution in [0, 0.1) is 6.92 Å². The number of hydrogen-bond donors (Lipinski definition) is 4. The van der Waals surface area contributed by atoms with Gasteiger partial charge in [0.2, 0.25) is 5.91 Å². The maximum absolute atomic E-state index is 13.7. The van der Waals surface area contributed by atoms with Gasteiger partial charge < -0.3 is 21.1 Å². The second kappa shape index (κ2) is 12.7. The Balaban J connectivity index is 1.54. The number of thiazole rings is 1. The molecule has 0 spiro atoms. The molecule has 1 saturated heterocycles. The van der Waals surface area contributed by atoms with E-state index in [0.717, 1.165) is 29.0 Å². The van der Waals surface area contributed by atoms with Crippen molar-refractivity contribution in [3.05, 3.63) is 75.9 Å². The van der Waals surface area contributed by atoms with Gasteiger partial charge in [-0.05, 0) is 48.4 Å². The third kappa shape index (κ3) is 8.04. The summed E-state index contributed by atoms with van der Waals surface area (Å²) < 4.78 is 46.3. The van der Waals surface area contributed by atoms with Crippen LogP contribution in [-0.2, 0) is 22.3 Å². The zero-order valence-electron chi connectivity index (χ0n) is 22.4. The normalized spacial score (nSPS) is 14.5. The van der Waals surface area contributed by atoms with Crippen LogP contribution in [0.2, 0.25) is 0 Å². The van der Waals surface area contributed by atoms with E-state index in [1.165, 1.54) is 30.4 Å². The number of hydrazine groups is 1. The molecule has 6 N–H and O–H groups in total. The van der Waals surface area contributed by atoms with Crippen molar-refractivity contribution < 1.29 is 27.5 Å². The molecule has 4 rings (SSSR count). The standard InChI is InChI=1S/C27H30F3N7O3S/c1-16-3-4-19(11-23(16)37(32)15-22(31)24-13-33-26(41-24)34-17(2)38)25(39)35-21-10-18(9-20(12-21)27(28,29)30)14-36-5-7-40-8-6-36/h3-4,9-13,15H,5-8,14,31-32H2,1-2H3,(H,35,39)(H,33,34,38)/b22-15-. The van der Waals surface area contributed by atoms with Crippen LogP contribution in [0.25, 0.3) is 5.70 Å². The lowest BCUT2D eigenvalue weighted by Crippen LogP contribution is -2.35. The van der Waals surface area contributed by atoms with Gasteiger partial charge in [-0.1, -0.05) is 17.4 Å². The van der Waals surface area contributed by atoms with Gasteiger partial charge in [0.05, 0.1) is 35.0 Å². The Labute approximate surface area is 238 Å². The Morgan fingerprint density at radius 3 is 2.59 bits per heavy atom. The highest BCUT2D eigenvalue weighted by Crippen LogP contribution is 2.33. The van der Waals surface area contributed by atoms with Crippen LogP contribution >= 0.6 is 11.3 Å². The summed E-state index contributed by atoms with van der Waals surface area (Å²) in [5.41, 5.74) is 7.42. The van der Waals surface area contributed by atoms with Gasteiger partial charge in [0.25, 0.3) is 5.91 Å². The number of nitrogens with one attached hydrogen (secondary N) is 2. The van der Waals surface area contributed by atoms with E-state index in [4.69, 9.17) is 16.3 Å². The number of halogens is 3. The van der Waals surface area contributed by atoms with Crippen molar-refractivity contribution in [1.82, 2.24) is 9.88 Å². The molecular weight excluding hydrogens is 559 g/mol. The second-order valence-corrected chi connectivity index (χ2v) is 10.5. The Morgan fingerprint density at radius 1 is 1.17 bits per heavy atom. The van der Waals surface area contributed by atoms with Gasteiger partial charge in [-0.15, -0.1) is 0 Å².